The molecule has 0 radical (unpaired) electrons. The van der Waals surface area contributed by atoms with Crippen molar-refractivity contribution in [2.45, 2.75) is 64.0 Å². The first-order valence-corrected chi connectivity index (χ1v) is 8.72. The molecule has 9 heteroatoms. The van der Waals surface area contributed by atoms with Gasteiger partial charge in [-0.3, -0.25) is 14.1 Å². The zero-order valence-electron chi connectivity index (χ0n) is 14.2. The molecule has 0 aromatic heterocycles. The second-order valence-electron chi connectivity index (χ2n) is 5.39. The summed E-state index contributed by atoms with van der Waals surface area (Å²) >= 11 is 0. The van der Waals surface area contributed by atoms with E-state index in [4.69, 9.17) is 14.8 Å². The SMILES string of the molecule is O=C(O)CC(C(=O)O)S(=O)(=O)O.[CH2-]CCCCCCC(C)C.[Na+]. The van der Waals surface area contributed by atoms with Crippen LogP contribution in [0, 0.1) is 12.8 Å². The van der Waals surface area contributed by atoms with Crippen LogP contribution in [0.3, 0.4) is 0 Å². The summed E-state index contributed by atoms with van der Waals surface area (Å²) in [5.41, 5.74) is 0. The Labute approximate surface area is 160 Å². The van der Waals surface area contributed by atoms with Crippen LogP contribution in [0.4, 0.5) is 0 Å². The van der Waals surface area contributed by atoms with E-state index >= 15 is 0 Å². The summed E-state index contributed by atoms with van der Waals surface area (Å²) in [7, 11) is -4.84. The molecule has 23 heavy (non-hydrogen) atoms. The second-order valence-corrected chi connectivity index (χ2v) is 6.99. The third kappa shape index (κ3) is 19.8. The Hall–Kier alpha value is -0.150. The van der Waals surface area contributed by atoms with Crippen molar-refractivity contribution in [3.8, 4) is 0 Å². The summed E-state index contributed by atoms with van der Waals surface area (Å²) < 4.78 is 28.7. The summed E-state index contributed by atoms with van der Waals surface area (Å²) in [6, 6.07) is 0. The number of hydrogen-bond donors (Lipinski definition) is 3. The number of unbranched alkanes of at least 4 members (excludes halogenated alkanes) is 4. The van der Waals surface area contributed by atoms with Crippen molar-refractivity contribution < 1.29 is 62.3 Å². The van der Waals surface area contributed by atoms with Gasteiger partial charge in [-0.25, -0.2) is 0 Å². The van der Waals surface area contributed by atoms with Crippen LogP contribution in [-0.2, 0) is 19.7 Å². The van der Waals surface area contributed by atoms with E-state index in [0.29, 0.717) is 0 Å². The molecule has 0 saturated carbocycles. The fourth-order valence-corrected chi connectivity index (χ4v) is 2.17. The van der Waals surface area contributed by atoms with E-state index in [1.807, 2.05) is 0 Å². The summed E-state index contributed by atoms with van der Waals surface area (Å²) in [6.45, 7) is 8.40. The molecule has 1 unspecified atom stereocenters. The van der Waals surface area contributed by atoms with E-state index in [2.05, 4.69) is 20.8 Å². The molecular formula is C14H27NaO7S. The molecule has 7 nitrogen and oxygen atoms in total. The largest absolute Gasteiger partial charge is 1.00 e. The zero-order valence-corrected chi connectivity index (χ0v) is 17.0. The van der Waals surface area contributed by atoms with Gasteiger partial charge in [0.2, 0.25) is 0 Å². The molecule has 1 atom stereocenters. The van der Waals surface area contributed by atoms with Crippen LogP contribution in [0.5, 0.6) is 0 Å². The maximum atomic E-state index is 10.2. The van der Waals surface area contributed by atoms with Crippen molar-refractivity contribution >= 4 is 22.1 Å². The number of rotatable bonds is 10. The second kappa shape index (κ2) is 15.4. The first-order chi connectivity index (χ1) is 10.0. The van der Waals surface area contributed by atoms with Gasteiger partial charge in [0, 0.05) is 0 Å². The number of carbonyl (C=O) groups is 2. The average Bonchev–Trinajstić information content (AvgIpc) is 2.34. The van der Waals surface area contributed by atoms with Crippen molar-refractivity contribution in [1.82, 2.24) is 0 Å². The number of hydrogen-bond acceptors (Lipinski definition) is 4. The summed E-state index contributed by atoms with van der Waals surface area (Å²) in [5.74, 6) is -2.61. The van der Waals surface area contributed by atoms with E-state index in [1.54, 1.807) is 0 Å². The zero-order chi connectivity index (χ0) is 17.8. The predicted octanol–water partition coefficient (Wildman–Crippen LogP) is -0.377. The minimum Gasteiger partial charge on any atom is -0.481 e. The molecule has 0 saturated heterocycles. The summed E-state index contributed by atoms with van der Waals surface area (Å²) in [4.78, 5) is 20.0. The minimum atomic E-state index is -4.84. The standard InChI is InChI=1S/C10H21.C4H6O7S.Na/c1-4-5-6-7-8-9-10(2)3;5-3(6)1-2(4(7)8)12(9,10)11;/h10H,1,4-9H2,2-3H3;2H,1H2,(H,5,6)(H,7,8)(H,9,10,11);/q-1;;+1. The normalized spacial score (nSPS) is 11.9. The minimum absolute atomic E-state index is 0. The Morgan fingerprint density at radius 3 is 1.78 bits per heavy atom. The van der Waals surface area contributed by atoms with E-state index in [0.717, 1.165) is 12.3 Å². The number of aliphatic carboxylic acids is 2. The van der Waals surface area contributed by atoms with Gasteiger partial charge in [0.05, 0.1) is 6.42 Å². The first-order valence-electron chi connectivity index (χ1n) is 7.22. The van der Waals surface area contributed by atoms with Crippen molar-refractivity contribution in [3.05, 3.63) is 6.92 Å². The Bertz CT molecular complexity index is 421. The van der Waals surface area contributed by atoms with Crippen LogP contribution in [0.1, 0.15) is 58.8 Å². The Balaban J connectivity index is -0.000000338. The molecule has 0 aliphatic heterocycles. The average molecular weight is 362 g/mol. The van der Waals surface area contributed by atoms with Gasteiger partial charge < -0.3 is 17.1 Å². The third-order valence-corrected chi connectivity index (χ3v) is 3.86. The fourth-order valence-electron chi connectivity index (χ4n) is 1.56. The van der Waals surface area contributed by atoms with Gasteiger partial charge >= 0.3 is 41.5 Å². The molecule has 0 fully saturated rings. The van der Waals surface area contributed by atoms with Crippen molar-refractivity contribution in [3.63, 3.8) is 0 Å². The smallest absolute Gasteiger partial charge is 0.481 e. The fraction of sp³-hybridized carbons (Fsp3) is 0.786. The first kappa shape index (κ1) is 27.7. The maximum absolute atomic E-state index is 10.2. The van der Waals surface area contributed by atoms with Gasteiger partial charge in [-0.1, -0.05) is 46.0 Å². The van der Waals surface area contributed by atoms with Crippen LogP contribution in [0.2, 0.25) is 0 Å². The van der Waals surface area contributed by atoms with Crippen LogP contribution in [-0.4, -0.2) is 40.4 Å². The third-order valence-electron chi connectivity index (χ3n) is 2.78. The van der Waals surface area contributed by atoms with Gasteiger partial charge in [0.15, 0.2) is 5.25 Å². The van der Waals surface area contributed by atoms with Gasteiger partial charge in [-0.2, -0.15) is 14.8 Å². The summed E-state index contributed by atoms with van der Waals surface area (Å²) in [6.07, 6.45) is 6.88. The molecule has 0 spiro atoms. The molecule has 3 N–H and O–H groups in total. The topological polar surface area (TPSA) is 129 Å². The Morgan fingerprint density at radius 1 is 1.04 bits per heavy atom. The van der Waals surface area contributed by atoms with Gasteiger partial charge in [-0.15, -0.1) is 0 Å². The molecule has 0 rings (SSSR count). The number of carboxylic acid groups (broad SMARTS) is 2. The predicted molar refractivity (Wildman–Crippen MR) is 83.1 cm³/mol. The molecule has 0 aliphatic rings. The molecule has 0 aliphatic carbocycles. The van der Waals surface area contributed by atoms with E-state index in [9.17, 15) is 18.0 Å². The Kier molecular flexibility index (Phi) is 18.5. The molecule has 0 aromatic rings. The van der Waals surface area contributed by atoms with Crippen molar-refractivity contribution in [2.24, 2.45) is 5.92 Å². The summed E-state index contributed by atoms with van der Waals surface area (Å²) in [5, 5.41) is 13.9. The molecule has 0 amide bonds. The van der Waals surface area contributed by atoms with E-state index in [1.165, 1.54) is 32.1 Å². The van der Waals surface area contributed by atoms with Gasteiger partial charge in [0.25, 0.3) is 10.1 Å². The number of carboxylic acids is 2. The van der Waals surface area contributed by atoms with Gasteiger partial charge in [-0.05, 0) is 5.92 Å². The molecule has 0 heterocycles. The molecule has 0 aromatic carbocycles. The van der Waals surface area contributed by atoms with E-state index < -0.39 is 33.7 Å². The van der Waals surface area contributed by atoms with Crippen molar-refractivity contribution in [1.29, 1.82) is 0 Å². The van der Waals surface area contributed by atoms with Crippen LogP contribution in [0.25, 0.3) is 0 Å². The molecule has 132 valence electrons. The maximum Gasteiger partial charge on any atom is 1.00 e. The van der Waals surface area contributed by atoms with Crippen LogP contribution in [0.15, 0.2) is 0 Å². The van der Waals surface area contributed by atoms with Gasteiger partial charge in [0.1, 0.15) is 0 Å². The molecular weight excluding hydrogens is 335 g/mol. The Morgan fingerprint density at radius 2 is 1.52 bits per heavy atom. The van der Waals surface area contributed by atoms with Crippen molar-refractivity contribution in [2.75, 3.05) is 0 Å². The van der Waals surface area contributed by atoms with E-state index in [-0.39, 0.29) is 29.6 Å². The van der Waals surface area contributed by atoms with Crippen LogP contribution < -0.4 is 29.6 Å². The quantitative estimate of drug-likeness (QED) is 0.209. The molecule has 0 bridgehead atoms. The van der Waals surface area contributed by atoms with Crippen LogP contribution >= 0.6 is 0 Å². The monoisotopic (exact) mass is 362 g/mol.